The Morgan fingerprint density at radius 3 is 2.62 bits per heavy atom. The van der Waals surface area contributed by atoms with Gasteiger partial charge in [0.2, 0.25) is 0 Å². The average Bonchev–Trinajstić information content (AvgIpc) is 2.84. The van der Waals surface area contributed by atoms with E-state index in [0.29, 0.717) is 22.1 Å². The molecule has 0 fully saturated rings. The molecule has 0 aliphatic heterocycles. The molecule has 0 aliphatic rings. The van der Waals surface area contributed by atoms with E-state index in [-0.39, 0.29) is 6.42 Å². The Labute approximate surface area is 130 Å². The lowest BCUT2D eigenvalue weighted by Crippen LogP contribution is -2.28. The molecule has 1 heterocycles. The number of para-hydroxylation sites is 1. The first-order chi connectivity index (χ1) is 10.0. The summed E-state index contributed by atoms with van der Waals surface area (Å²) in [6, 6.07) is 10.0. The Kier molecular flexibility index (Phi) is 5.19. The lowest BCUT2D eigenvalue weighted by Gasteiger charge is -2.10. The van der Waals surface area contributed by atoms with Crippen molar-refractivity contribution in [1.82, 2.24) is 5.32 Å². The molecule has 0 radical (unpaired) electrons. The van der Waals surface area contributed by atoms with Gasteiger partial charge in [-0.05, 0) is 23.8 Å². The van der Waals surface area contributed by atoms with Gasteiger partial charge in [-0.15, -0.1) is 11.3 Å². The minimum Gasteiger partial charge on any atom is -0.481 e. The summed E-state index contributed by atoms with van der Waals surface area (Å²) in [6.07, 6.45) is -0.142. The van der Waals surface area contributed by atoms with Crippen LogP contribution in [-0.4, -0.2) is 17.1 Å². The molecule has 7 heteroatoms. The number of halogens is 1. The van der Waals surface area contributed by atoms with Crippen molar-refractivity contribution in [2.75, 3.05) is 5.32 Å². The van der Waals surface area contributed by atoms with Gasteiger partial charge in [-0.2, -0.15) is 0 Å². The van der Waals surface area contributed by atoms with E-state index in [2.05, 4.69) is 10.6 Å². The number of nitrogens with one attached hydrogen (secondary N) is 2. The molecule has 2 amide bonds. The fourth-order valence-corrected chi connectivity index (χ4v) is 2.77. The van der Waals surface area contributed by atoms with Crippen molar-refractivity contribution >= 4 is 40.6 Å². The van der Waals surface area contributed by atoms with E-state index in [0.717, 1.165) is 4.88 Å². The number of aliphatic carboxylic acids is 1. The van der Waals surface area contributed by atoms with Gasteiger partial charge >= 0.3 is 12.0 Å². The first kappa shape index (κ1) is 15.3. The highest BCUT2D eigenvalue weighted by Gasteiger charge is 2.09. The smallest absolute Gasteiger partial charge is 0.319 e. The van der Waals surface area contributed by atoms with Crippen molar-refractivity contribution < 1.29 is 14.7 Å². The van der Waals surface area contributed by atoms with Gasteiger partial charge in [-0.3, -0.25) is 4.79 Å². The topological polar surface area (TPSA) is 78.4 Å². The van der Waals surface area contributed by atoms with Gasteiger partial charge in [0.05, 0.1) is 17.3 Å². The SMILES string of the molecule is O=C(O)Cc1ccccc1NC(=O)NCc1ccc(Cl)s1. The van der Waals surface area contributed by atoms with Crippen LogP contribution in [0.2, 0.25) is 4.34 Å². The molecule has 0 saturated heterocycles. The third kappa shape index (κ3) is 4.77. The van der Waals surface area contributed by atoms with Crippen LogP contribution in [-0.2, 0) is 17.8 Å². The quantitative estimate of drug-likeness (QED) is 0.789. The molecule has 21 heavy (non-hydrogen) atoms. The molecule has 3 N–H and O–H groups in total. The second kappa shape index (κ2) is 7.10. The van der Waals surface area contributed by atoms with Crippen LogP contribution >= 0.6 is 22.9 Å². The fraction of sp³-hybridized carbons (Fsp3) is 0.143. The lowest BCUT2D eigenvalue weighted by atomic mass is 10.1. The zero-order valence-corrected chi connectivity index (χ0v) is 12.5. The Bertz CT molecular complexity index is 657. The summed E-state index contributed by atoms with van der Waals surface area (Å²) in [5.41, 5.74) is 1.04. The normalized spacial score (nSPS) is 10.1. The number of amides is 2. The van der Waals surface area contributed by atoms with Crippen LogP contribution in [0.5, 0.6) is 0 Å². The van der Waals surface area contributed by atoms with Crippen LogP contribution < -0.4 is 10.6 Å². The predicted octanol–water partition coefficient (Wildman–Crippen LogP) is 3.35. The number of carbonyl (C=O) groups excluding carboxylic acids is 1. The van der Waals surface area contributed by atoms with E-state index in [4.69, 9.17) is 16.7 Å². The molecule has 5 nitrogen and oxygen atoms in total. The molecule has 0 saturated carbocycles. The van der Waals surface area contributed by atoms with Crippen molar-refractivity contribution in [2.45, 2.75) is 13.0 Å². The fourth-order valence-electron chi connectivity index (χ4n) is 1.74. The minimum atomic E-state index is -0.946. The number of hydrogen-bond acceptors (Lipinski definition) is 3. The summed E-state index contributed by atoms with van der Waals surface area (Å²) in [6.45, 7) is 0.365. The summed E-state index contributed by atoms with van der Waals surface area (Å²) in [5, 5.41) is 14.2. The van der Waals surface area contributed by atoms with Crippen molar-refractivity contribution in [3.63, 3.8) is 0 Å². The Balaban J connectivity index is 1.94. The maximum absolute atomic E-state index is 11.8. The number of benzene rings is 1. The van der Waals surface area contributed by atoms with Crippen LogP contribution in [0.1, 0.15) is 10.4 Å². The van der Waals surface area contributed by atoms with Crippen molar-refractivity contribution in [2.24, 2.45) is 0 Å². The zero-order chi connectivity index (χ0) is 15.2. The van der Waals surface area contributed by atoms with E-state index in [1.165, 1.54) is 11.3 Å². The standard InChI is InChI=1S/C14H13ClN2O3S/c15-12-6-5-10(21-12)8-16-14(20)17-11-4-2-1-3-9(11)7-13(18)19/h1-6H,7-8H2,(H,18,19)(H2,16,17,20). The molecule has 2 rings (SSSR count). The largest absolute Gasteiger partial charge is 0.481 e. The monoisotopic (exact) mass is 324 g/mol. The molecule has 1 aromatic heterocycles. The molecule has 1 aromatic carbocycles. The lowest BCUT2D eigenvalue weighted by molar-refractivity contribution is -0.136. The molecule has 0 unspecified atom stereocenters. The summed E-state index contributed by atoms with van der Waals surface area (Å²) < 4.78 is 0.666. The molecule has 0 spiro atoms. The van der Waals surface area contributed by atoms with Crippen LogP contribution in [0, 0.1) is 0 Å². The number of urea groups is 1. The average molecular weight is 325 g/mol. The summed E-state index contributed by atoms with van der Waals surface area (Å²) >= 11 is 7.20. The van der Waals surface area contributed by atoms with Gasteiger partial charge in [-0.1, -0.05) is 29.8 Å². The van der Waals surface area contributed by atoms with Gasteiger partial charge in [0.1, 0.15) is 0 Å². The molecular formula is C14H13ClN2O3S. The zero-order valence-electron chi connectivity index (χ0n) is 10.9. The van der Waals surface area contributed by atoms with Crippen LogP contribution in [0.3, 0.4) is 0 Å². The van der Waals surface area contributed by atoms with Crippen LogP contribution in [0.15, 0.2) is 36.4 Å². The highest BCUT2D eigenvalue weighted by molar-refractivity contribution is 7.16. The third-order valence-corrected chi connectivity index (χ3v) is 3.89. The maximum Gasteiger partial charge on any atom is 0.319 e. The third-order valence-electron chi connectivity index (χ3n) is 2.66. The first-order valence-electron chi connectivity index (χ1n) is 6.13. The highest BCUT2D eigenvalue weighted by Crippen LogP contribution is 2.21. The van der Waals surface area contributed by atoms with E-state index in [1.54, 1.807) is 30.3 Å². The molecular weight excluding hydrogens is 312 g/mol. The molecule has 110 valence electrons. The maximum atomic E-state index is 11.8. The number of carboxylic acids is 1. The van der Waals surface area contributed by atoms with E-state index < -0.39 is 12.0 Å². The number of hydrogen-bond donors (Lipinski definition) is 3. The summed E-state index contributed by atoms with van der Waals surface area (Å²) in [4.78, 5) is 23.6. The summed E-state index contributed by atoms with van der Waals surface area (Å²) in [5.74, 6) is -0.946. The van der Waals surface area contributed by atoms with Gasteiger partial charge in [0, 0.05) is 10.6 Å². The van der Waals surface area contributed by atoms with Crippen molar-refractivity contribution in [1.29, 1.82) is 0 Å². The number of rotatable bonds is 5. The second-order valence-electron chi connectivity index (χ2n) is 4.24. The molecule has 0 bridgehead atoms. The van der Waals surface area contributed by atoms with Gasteiger partial charge in [-0.25, -0.2) is 4.79 Å². The van der Waals surface area contributed by atoms with Gasteiger partial charge < -0.3 is 15.7 Å². The number of carboxylic acid groups (broad SMARTS) is 1. The van der Waals surface area contributed by atoms with Crippen LogP contribution in [0.4, 0.5) is 10.5 Å². The Hall–Kier alpha value is -2.05. The second-order valence-corrected chi connectivity index (χ2v) is 6.04. The van der Waals surface area contributed by atoms with Gasteiger partial charge in [0.25, 0.3) is 0 Å². The number of thiophene rings is 1. The minimum absolute atomic E-state index is 0.142. The first-order valence-corrected chi connectivity index (χ1v) is 7.33. The molecule has 0 aliphatic carbocycles. The van der Waals surface area contributed by atoms with Crippen molar-refractivity contribution in [3.8, 4) is 0 Å². The molecule has 0 atom stereocenters. The van der Waals surface area contributed by atoms with E-state index >= 15 is 0 Å². The molecule has 2 aromatic rings. The van der Waals surface area contributed by atoms with Crippen LogP contribution in [0.25, 0.3) is 0 Å². The number of anilines is 1. The van der Waals surface area contributed by atoms with Crippen molar-refractivity contribution in [3.05, 3.63) is 51.2 Å². The Morgan fingerprint density at radius 1 is 1.19 bits per heavy atom. The van der Waals surface area contributed by atoms with Gasteiger partial charge in [0.15, 0.2) is 0 Å². The number of carbonyl (C=O) groups is 2. The van der Waals surface area contributed by atoms with E-state index in [9.17, 15) is 9.59 Å². The summed E-state index contributed by atoms with van der Waals surface area (Å²) in [7, 11) is 0. The predicted molar refractivity (Wildman–Crippen MR) is 83.0 cm³/mol. The highest BCUT2D eigenvalue weighted by atomic mass is 35.5. The Morgan fingerprint density at radius 2 is 1.95 bits per heavy atom. The van der Waals surface area contributed by atoms with E-state index in [1.807, 2.05) is 6.07 Å².